The summed E-state index contributed by atoms with van der Waals surface area (Å²) in [6.07, 6.45) is 0. The van der Waals surface area contributed by atoms with Gasteiger partial charge in [-0.1, -0.05) is 30.0 Å². The summed E-state index contributed by atoms with van der Waals surface area (Å²) in [5.41, 5.74) is 3.28. The Morgan fingerprint density at radius 3 is 2.56 bits per heavy atom. The van der Waals surface area contributed by atoms with Gasteiger partial charge in [-0.25, -0.2) is 0 Å². The Kier molecular flexibility index (Phi) is 4.82. The Bertz CT molecular complexity index is 958. The summed E-state index contributed by atoms with van der Waals surface area (Å²) in [4.78, 5) is 10.9. The molecule has 6 nitrogen and oxygen atoms in total. The van der Waals surface area contributed by atoms with E-state index in [0.717, 1.165) is 28.6 Å². The molecule has 3 rings (SSSR count). The van der Waals surface area contributed by atoms with E-state index in [-0.39, 0.29) is 5.75 Å². The number of rotatable bonds is 5. The molecule has 1 aromatic heterocycles. The third-order valence-electron chi connectivity index (χ3n) is 3.59. The second-order valence-corrected chi connectivity index (χ2v) is 6.24. The number of aryl methyl sites for hydroxylation is 1. The van der Waals surface area contributed by atoms with Crippen molar-refractivity contribution in [3.05, 3.63) is 59.7 Å². The van der Waals surface area contributed by atoms with Crippen LogP contribution in [0.1, 0.15) is 11.1 Å². The predicted molar refractivity (Wildman–Crippen MR) is 94.6 cm³/mol. The molecule has 3 aromatic rings. The molecule has 0 unspecified atom stereocenters. The van der Waals surface area contributed by atoms with Crippen LogP contribution in [-0.2, 0) is 4.79 Å². The average molecular weight is 350 g/mol. The fourth-order valence-electron chi connectivity index (χ4n) is 2.40. The van der Waals surface area contributed by atoms with Gasteiger partial charge in [0.1, 0.15) is 0 Å². The van der Waals surface area contributed by atoms with Crippen molar-refractivity contribution in [2.24, 2.45) is 0 Å². The summed E-state index contributed by atoms with van der Waals surface area (Å²) in [7, 11) is 0. The molecule has 0 aliphatic heterocycles. The number of hydrogen-bond donors (Lipinski definition) is 1. The highest BCUT2D eigenvalue weighted by molar-refractivity contribution is 7.99. The number of nitrogens with zero attached hydrogens (tertiary/aromatic N) is 4. The van der Waals surface area contributed by atoms with E-state index in [9.17, 15) is 4.79 Å². The zero-order chi connectivity index (χ0) is 17.8. The van der Waals surface area contributed by atoms with Gasteiger partial charge in [-0.3, -0.25) is 9.36 Å². The van der Waals surface area contributed by atoms with Gasteiger partial charge in [-0.05, 0) is 42.8 Å². The number of carbonyl (C=O) groups is 1. The van der Waals surface area contributed by atoms with Crippen molar-refractivity contribution in [3.8, 4) is 23.1 Å². The van der Waals surface area contributed by atoms with Gasteiger partial charge in [0, 0.05) is 5.56 Å². The van der Waals surface area contributed by atoms with Crippen LogP contribution in [0.3, 0.4) is 0 Å². The molecule has 0 saturated heterocycles. The Morgan fingerprint density at radius 1 is 1.20 bits per heavy atom. The first-order valence-corrected chi connectivity index (χ1v) is 8.45. The van der Waals surface area contributed by atoms with Crippen LogP contribution in [0, 0.1) is 18.3 Å². The Hall–Kier alpha value is -3.11. The van der Waals surface area contributed by atoms with Crippen molar-refractivity contribution in [2.75, 3.05) is 5.75 Å². The van der Waals surface area contributed by atoms with Gasteiger partial charge in [0.25, 0.3) is 0 Å². The fraction of sp³-hybridized carbons (Fsp3) is 0.111. The summed E-state index contributed by atoms with van der Waals surface area (Å²) in [5.74, 6) is -0.409. The number of aromatic nitrogens is 3. The molecule has 1 heterocycles. The lowest BCUT2D eigenvalue weighted by atomic mass is 10.1. The minimum atomic E-state index is -0.913. The lowest BCUT2D eigenvalue weighted by Gasteiger charge is -2.12. The number of nitriles is 1. The van der Waals surface area contributed by atoms with Crippen LogP contribution < -0.4 is 0 Å². The summed E-state index contributed by atoms with van der Waals surface area (Å²) < 4.78 is 1.85. The lowest BCUT2D eigenvalue weighted by molar-refractivity contribution is -0.133. The average Bonchev–Trinajstić information content (AvgIpc) is 3.04. The molecule has 1 N–H and O–H groups in total. The summed E-state index contributed by atoms with van der Waals surface area (Å²) in [6.45, 7) is 1.98. The number of thioether (sulfide) groups is 1. The predicted octanol–water partition coefficient (Wildman–Crippen LogP) is 3.29. The largest absolute Gasteiger partial charge is 0.481 e. The second-order valence-electron chi connectivity index (χ2n) is 5.30. The fourth-order valence-corrected chi connectivity index (χ4v) is 3.07. The zero-order valence-corrected chi connectivity index (χ0v) is 14.2. The van der Waals surface area contributed by atoms with E-state index in [1.807, 2.05) is 47.9 Å². The summed E-state index contributed by atoms with van der Waals surface area (Å²) >= 11 is 1.12. The highest BCUT2D eigenvalue weighted by atomic mass is 32.2. The van der Waals surface area contributed by atoms with Gasteiger partial charge in [-0.15, -0.1) is 10.2 Å². The van der Waals surface area contributed by atoms with Gasteiger partial charge in [0.05, 0.1) is 23.1 Å². The molecule has 0 spiro atoms. The highest BCUT2D eigenvalue weighted by Gasteiger charge is 2.18. The first-order valence-electron chi connectivity index (χ1n) is 7.46. The quantitative estimate of drug-likeness (QED) is 0.710. The number of carboxylic acids is 1. The molecule has 0 bridgehead atoms. The minimum absolute atomic E-state index is 0.0998. The first-order chi connectivity index (χ1) is 12.1. The van der Waals surface area contributed by atoms with Crippen molar-refractivity contribution in [1.82, 2.24) is 14.8 Å². The molecule has 0 saturated carbocycles. The number of para-hydroxylation sites is 1. The Labute approximate surface area is 148 Å². The molecule has 0 atom stereocenters. The number of carboxylic acid groups (broad SMARTS) is 1. The van der Waals surface area contributed by atoms with Crippen LogP contribution in [-0.4, -0.2) is 31.6 Å². The molecule has 0 aliphatic carbocycles. The van der Waals surface area contributed by atoms with Gasteiger partial charge in [-0.2, -0.15) is 5.26 Å². The van der Waals surface area contributed by atoms with Crippen LogP contribution in [0.5, 0.6) is 0 Å². The van der Waals surface area contributed by atoms with Crippen molar-refractivity contribution in [3.63, 3.8) is 0 Å². The molecule has 25 heavy (non-hydrogen) atoms. The molecule has 124 valence electrons. The Morgan fingerprint density at radius 2 is 1.92 bits per heavy atom. The summed E-state index contributed by atoms with van der Waals surface area (Å²) in [6, 6.07) is 16.9. The second kappa shape index (κ2) is 7.20. The van der Waals surface area contributed by atoms with Crippen LogP contribution in [0.4, 0.5) is 0 Å². The van der Waals surface area contributed by atoms with Crippen LogP contribution in [0.15, 0.2) is 53.7 Å². The summed E-state index contributed by atoms with van der Waals surface area (Å²) in [5, 5.41) is 26.9. The van der Waals surface area contributed by atoms with E-state index >= 15 is 0 Å². The number of benzene rings is 2. The Balaban J connectivity index is 2.13. The zero-order valence-electron chi connectivity index (χ0n) is 13.4. The van der Waals surface area contributed by atoms with E-state index in [1.54, 1.807) is 12.1 Å². The smallest absolute Gasteiger partial charge is 0.313 e. The molecule has 0 aliphatic rings. The van der Waals surface area contributed by atoms with E-state index in [2.05, 4.69) is 16.3 Å². The first kappa shape index (κ1) is 16.7. The van der Waals surface area contributed by atoms with Crippen molar-refractivity contribution in [2.45, 2.75) is 12.1 Å². The van der Waals surface area contributed by atoms with Crippen molar-refractivity contribution in [1.29, 1.82) is 5.26 Å². The maximum atomic E-state index is 10.9. The van der Waals surface area contributed by atoms with E-state index in [1.165, 1.54) is 0 Å². The maximum Gasteiger partial charge on any atom is 0.313 e. The van der Waals surface area contributed by atoms with Crippen LogP contribution in [0.25, 0.3) is 17.1 Å². The standard InChI is InChI=1S/C18H14N4O2S/c1-12-4-2-3-5-15(12)22-17(14-8-6-13(10-19)7-9-14)20-21-18(22)25-11-16(23)24/h2-9H,11H2,1H3,(H,23,24). The molecule has 0 fully saturated rings. The number of hydrogen-bond acceptors (Lipinski definition) is 5. The van der Waals surface area contributed by atoms with Crippen molar-refractivity contribution >= 4 is 17.7 Å². The highest BCUT2D eigenvalue weighted by Crippen LogP contribution is 2.29. The molecular weight excluding hydrogens is 336 g/mol. The molecule has 0 amide bonds. The van der Waals surface area contributed by atoms with E-state index in [4.69, 9.17) is 10.4 Å². The maximum absolute atomic E-state index is 10.9. The third kappa shape index (κ3) is 3.54. The third-order valence-corrected chi connectivity index (χ3v) is 4.50. The van der Waals surface area contributed by atoms with Gasteiger partial charge in [0.2, 0.25) is 0 Å². The normalized spacial score (nSPS) is 10.4. The monoisotopic (exact) mass is 350 g/mol. The molecule has 7 heteroatoms. The van der Waals surface area contributed by atoms with Crippen LogP contribution >= 0.6 is 11.8 Å². The van der Waals surface area contributed by atoms with Crippen molar-refractivity contribution < 1.29 is 9.90 Å². The lowest BCUT2D eigenvalue weighted by Crippen LogP contribution is -2.04. The van der Waals surface area contributed by atoms with Gasteiger partial charge < -0.3 is 5.11 Å². The SMILES string of the molecule is Cc1ccccc1-n1c(SCC(=O)O)nnc1-c1ccc(C#N)cc1. The van der Waals surface area contributed by atoms with E-state index in [0.29, 0.717) is 16.5 Å². The van der Waals surface area contributed by atoms with E-state index < -0.39 is 5.97 Å². The van der Waals surface area contributed by atoms with Gasteiger partial charge >= 0.3 is 5.97 Å². The molecular formula is C18H14N4O2S. The topological polar surface area (TPSA) is 91.8 Å². The molecule has 2 aromatic carbocycles. The van der Waals surface area contributed by atoms with Gasteiger partial charge in [0.15, 0.2) is 11.0 Å². The van der Waals surface area contributed by atoms with Crippen LogP contribution in [0.2, 0.25) is 0 Å². The number of aliphatic carboxylic acids is 1. The molecule has 0 radical (unpaired) electrons. The minimum Gasteiger partial charge on any atom is -0.481 e.